The van der Waals surface area contributed by atoms with Gasteiger partial charge in [-0.25, -0.2) is 0 Å². The molecule has 2 fully saturated rings. The summed E-state index contributed by atoms with van der Waals surface area (Å²) in [6.07, 6.45) is 0.415. The van der Waals surface area contributed by atoms with Crippen LogP contribution in [0, 0.1) is 6.92 Å². The lowest BCUT2D eigenvalue weighted by Gasteiger charge is -2.39. The van der Waals surface area contributed by atoms with E-state index >= 15 is 0 Å². The van der Waals surface area contributed by atoms with Gasteiger partial charge in [-0.15, -0.1) is 0 Å². The molecule has 1 atom stereocenters. The Morgan fingerprint density at radius 1 is 1.18 bits per heavy atom. The number of nitrogens with zero attached hydrogens (tertiary/aromatic N) is 4. The average molecular weight is 382 g/mol. The molecule has 0 bridgehead atoms. The normalized spacial score (nSPS) is 20.2. The number of carbonyl (C=O) groups is 3. The van der Waals surface area contributed by atoms with Gasteiger partial charge in [0.05, 0.1) is 0 Å². The van der Waals surface area contributed by atoms with E-state index in [2.05, 4.69) is 5.16 Å². The largest absolute Gasteiger partial charge is 0.361 e. The molecule has 8 heteroatoms. The lowest BCUT2D eigenvalue weighted by Crippen LogP contribution is -2.59. The SMILES string of the molecule is Cc1cc(C(=O)N2CCC3C(=O)N(Cc4ccccc4)CC(=O)N3CC2)no1. The number of amides is 3. The van der Waals surface area contributed by atoms with E-state index in [1.54, 1.807) is 27.7 Å². The molecule has 4 rings (SSSR count). The number of aryl methyl sites for hydroxylation is 1. The second kappa shape index (κ2) is 7.46. The predicted molar refractivity (Wildman–Crippen MR) is 99.1 cm³/mol. The van der Waals surface area contributed by atoms with E-state index in [4.69, 9.17) is 4.52 Å². The fraction of sp³-hybridized carbons (Fsp3) is 0.400. The van der Waals surface area contributed by atoms with Gasteiger partial charge in [0.1, 0.15) is 18.3 Å². The Morgan fingerprint density at radius 3 is 2.68 bits per heavy atom. The van der Waals surface area contributed by atoms with E-state index in [-0.39, 0.29) is 30.0 Å². The third-order valence-electron chi connectivity index (χ3n) is 5.25. The van der Waals surface area contributed by atoms with Crippen LogP contribution in [0.25, 0.3) is 0 Å². The van der Waals surface area contributed by atoms with Crippen LogP contribution in [0.2, 0.25) is 0 Å². The van der Waals surface area contributed by atoms with Crippen molar-refractivity contribution in [1.82, 2.24) is 19.9 Å². The highest BCUT2D eigenvalue weighted by Crippen LogP contribution is 2.21. The number of hydrogen-bond donors (Lipinski definition) is 0. The zero-order valence-corrected chi connectivity index (χ0v) is 15.7. The molecule has 3 amide bonds. The Labute approximate surface area is 162 Å². The van der Waals surface area contributed by atoms with Gasteiger partial charge in [-0.3, -0.25) is 14.4 Å². The van der Waals surface area contributed by atoms with Crippen LogP contribution in [0.5, 0.6) is 0 Å². The molecule has 0 aliphatic carbocycles. The smallest absolute Gasteiger partial charge is 0.276 e. The van der Waals surface area contributed by atoms with Crippen molar-refractivity contribution in [3.63, 3.8) is 0 Å². The molecule has 1 unspecified atom stereocenters. The molecule has 1 aromatic heterocycles. The summed E-state index contributed by atoms with van der Waals surface area (Å²) in [5, 5.41) is 3.78. The minimum Gasteiger partial charge on any atom is -0.361 e. The molecule has 0 radical (unpaired) electrons. The molecule has 1 aromatic carbocycles. The Morgan fingerprint density at radius 2 is 1.96 bits per heavy atom. The van der Waals surface area contributed by atoms with Gasteiger partial charge in [0.25, 0.3) is 5.91 Å². The zero-order chi connectivity index (χ0) is 19.7. The number of rotatable bonds is 3. The molecular weight excluding hydrogens is 360 g/mol. The van der Waals surface area contributed by atoms with Gasteiger partial charge in [-0.2, -0.15) is 0 Å². The fourth-order valence-corrected chi connectivity index (χ4v) is 3.80. The van der Waals surface area contributed by atoms with Crippen molar-refractivity contribution in [2.24, 2.45) is 0 Å². The van der Waals surface area contributed by atoms with Crippen LogP contribution < -0.4 is 0 Å². The third-order valence-corrected chi connectivity index (χ3v) is 5.25. The second-order valence-electron chi connectivity index (χ2n) is 7.19. The molecule has 146 valence electrons. The maximum absolute atomic E-state index is 13.0. The van der Waals surface area contributed by atoms with Gasteiger partial charge < -0.3 is 19.2 Å². The molecule has 3 heterocycles. The lowest BCUT2D eigenvalue weighted by atomic mass is 10.1. The molecule has 28 heavy (non-hydrogen) atoms. The van der Waals surface area contributed by atoms with Crippen molar-refractivity contribution in [2.75, 3.05) is 26.2 Å². The standard InChI is InChI=1S/C20H22N4O4/c1-14-11-16(21-28-14)19(26)22-8-7-17-20(27)23(12-15-5-3-2-4-6-15)13-18(25)24(17)10-9-22/h2-6,11,17H,7-10,12-13H2,1H3. The highest BCUT2D eigenvalue weighted by Gasteiger charge is 2.41. The number of benzene rings is 1. The molecule has 2 saturated heterocycles. The fourth-order valence-electron chi connectivity index (χ4n) is 3.80. The van der Waals surface area contributed by atoms with Crippen LogP contribution in [0.4, 0.5) is 0 Å². The molecule has 2 aromatic rings. The van der Waals surface area contributed by atoms with Gasteiger partial charge in [0.15, 0.2) is 5.69 Å². The van der Waals surface area contributed by atoms with Crippen molar-refractivity contribution in [1.29, 1.82) is 0 Å². The van der Waals surface area contributed by atoms with E-state index in [0.29, 0.717) is 38.4 Å². The monoisotopic (exact) mass is 382 g/mol. The van der Waals surface area contributed by atoms with Gasteiger partial charge in [0, 0.05) is 32.2 Å². The van der Waals surface area contributed by atoms with E-state index in [9.17, 15) is 14.4 Å². The number of hydrogen-bond acceptors (Lipinski definition) is 5. The van der Waals surface area contributed by atoms with Crippen molar-refractivity contribution < 1.29 is 18.9 Å². The Hall–Kier alpha value is -3.16. The highest BCUT2D eigenvalue weighted by molar-refractivity contribution is 5.95. The molecule has 2 aliphatic rings. The quantitative estimate of drug-likeness (QED) is 0.793. The van der Waals surface area contributed by atoms with Crippen molar-refractivity contribution in [3.05, 3.63) is 53.4 Å². The summed E-state index contributed by atoms with van der Waals surface area (Å²) in [5.74, 6) is 0.192. The maximum Gasteiger partial charge on any atom is 0.276 e. The Bertz CT molecular complexity index is 895. The zero-order valence-electron chi connectivity index (χ0n) is 15.7. The first-order valence-corrected chi connectivity index (χ1v) is 9.37. The first kappa shape index (κ1) is 18.2. The molecule has 2 aliphatic heterocycles. The molecule has 0 N–H and O–H groups in total. The van der Waals surface area contributed by atoms with Gasteiger partial charge in [-0.05, 0) is 18.9 Å². The summed E-state index contributed by atoms with van der Waals surface area (Å²) in [4.78, 5) is 43.2. The number of fused-ring (bicyclic) bond motifs is 1. The van der Waals surface area contributed by atoms with Crippen molar-refractivity contribution in [2.45, 2.75) is 25.9 Å². The summed E-state index contributed by atoms with van der Waals surface area (Å²) in [6.45, 7) is 3.32. The van der Waals surface area contributed by atoms with Crippen molar-refractivity contribution >= 4 is 17.7 Å². The minimum atomic E-state index is -0.526. The van der Waals surface area contributed by atoms with E-state index < -0.39 is 6.04 Å². The molecular formula is C20H22N4O4. The van der Waals surface area contributed by atoms with Gasteiger partial charge >= 0.3 is 0 Å². The van der Waals surface area contributed by atoms with Crippen molar-refractivity contribution in [3.8, 4) is 0 Å². The van der Waals surface area contributed by atoms with Crippen LogP contribution in [0.1, 0.15) is 28.2 Å². The summed E-state index contributed by atoms with van der Waals surface area (Å²) in [7, 11) is 0. The predicted octanol–water partition coefficient (Wildman–Crippen LogP) is 1.07. The minimum absolute atomic E-state index is 0.0602. The average Bonchev–Trinajstić information content (AvgIpc) is 3.00. The van der Waals surface area contributed by atoms with Crippen LogP contribution >= 0.6 is 0 Å². The van der Waals surface area contributed by atoms with Gasteiger partial charge in [-0.1, -0.05) is 35.5 Å². The van der Waals surface area contributed by atoms with E-state index in [1.807, 2.05) is 30.3 Å². The number of aromatic nitrogens is 1. The maximum atomic E-state index is 13.0. The second-order valence-corrected chi connectivity index (χ2v) is 7.19. The number of carbonyl (C=O) groups excluding carboxylic acids is 3. The van der Waals surface area contributed by atoms with Crippen LogP contribution in [0.3, 0.4) is 0 Å². The summed E-state index contributed by atoms with van der Waals surface area (Å²) >= 11 is 0. The summed E-state index contributed by atoms with van der Waals surface area (Å²) < 4.78 is 4.98. The first-order chi connectivity index (χ1) is 13.5. The van der Waals surface area contributed by atoms with Gasteiger partial charge in [0.2, 0.25) is 11.8 Å². The van der Waals surface area contributed by atoms with Crippen LogP contribution in [-0.4, -0.2) is 69.8 Å². The van der Waals surface area contributed by atoms with E-state index in [0.717, 1.165) is 5.56 Å². The highest BCUT2D eigenvalue weighted by atomic mass is 16.5. The first-order valence-electron chi connectivity index (χ1n) is 9.37. The Balaban J connectivity index is 1.47. The van der Waals surface area contributed by atoms with E-state index in [1.165, 1.54) is 0 Å². The number of piperazine rings is 1. The third kappa shape index (κ3) is 3.49. The van der Waals surface area contributed by atoms with Crippen LogP contribution in [-0.2, 0) is 16.1 Å². The van der Waals surface area contributed by atoms with Crippen LogP contribution in [0.15, 0.2) is 40.9 Å². The molecule has 0 saturated carbocycles. The summed E-state index contributed by atoms with van der Waals surface area (Å²) in [5.41, 5.74) is 1.24. The topological polar surface area (TPSA) is 87.0 Å². The lowest BCUT2D eigenvalue weighted by molar-refractivity contribution is -0.156. The molecule has 8 nitrogen and oxygen atoms in total. The Kier molecular flexibility index (Phi) is 4.85. The molecule has 0 spiro atoms. The summed E-state index contributed by atoms with van der Waals surface area (Å²) in [6, 6.07) is 10.7.